The van der Waals surface area contributed by atoms with Crippen LogP contribution in [0.25, 0.3) is 11.1 Å². The fourth-order valence-corrected chi connectivity index (χ4v) is 1.68. The Balaban J connectivity index is 2.87. The van der Waals surface area contributed by atoms with Crippen molar-refractivity contribution >= 4 is 0 Å². The lowest BCUT2D eigenvalue weighted by Gasteiger charge is -2.11. The van der Waals surface area contributed by atoms with Gasteiger partial charge < -0.3 is 0 Å². The minimum Gasteiger partial charge on any atom is -0.207 e. The van der Waals surface area contributed by atoms with Crippen molar-refractivity contribution in [2.45, 2.75) is 6.42 Å². The molecule has 1 heterocycles. The molecule has 0 spiro atoms. The average Bonchev–Trinajstić information content (AvgIpc) is 2.44. The molecule has 0 bridgehead atoms. The first kappa shape index (κ1) is 14.8. The number of hydrogen-bond donors (Lipinski definition) is 0. The van der Waals surface area contributed by atoms with Crippen LogP contribution in [0.2, 0.25) is 0 Å². The third-order valence-electron chi connectivity index (χ3n) is 2.61. The van der Waals surface area contributed by atoms with Gasteiger partial charge in [-0.2, -0.15) is 14.0 Å². The van der Waals surface area contributed by atoms with Crippen LogP contribution in [-0.4, -0.2) is 9.97 Å². The van der Waals surface area contributed by atoms with E-state index in [4.69, 9.17) is 5.26 Å². The Bertz CT molecular complexity index is 719. The maximum absolute atomic E-state index is 13.8. The third kappa shape index (κ3) is 2.29. The van der Waals surface area contributed by atoms with Gasteiger partial charge in [-0.05, 0) is 0 Å². The van der Waals surface area contributed by atoms with Crippen LogP contribution < -0.4 is 0 Å². The Kier molecular flexibility index (Phi) is 3.80. The van der Waals surface area contributed by atoms with Crippen LogP contribution in [0.5, 0.6) is 0 Å². The van der Waals surface area contributed by atoms with E-state index in [0.29, 0.717) is 6.33 Å². The molecule has 0 unspecified atom stereocenters. The predicted octanol–water partition coefficient (Wildman–Crippen LogP) is 3.04. The van der Waals surface area contributed by atoms with E-state index in [0.717, 1.165) is 0 Å². The minimum atomic E-state index is -2.04. The van der Waals surface area contributed by atoms with Gasteiger partial charge in [0.15, 0.2) is 23.3 Å². The van der Waals surface area contributed by atoms with Crippen molar-refractivity contribution in [1.82, 2.24) is 9.97 Å². The fraction of sp³-hybridized carbons (Fsp3) is 0.0833. The van der Waals surface area contributed by atoms with E-state index < -0.39 is 58.3 Å². The summed E-state index contributed by atoms with van der Waals surface area (Å²) in [6.45, 7) is 0. The molecule has 1 aromatic heterocycles. The Morgan fingerprint density at radius 2 is 1.29 bits per heavy atom. The van der Waals surface area contributed by atoms with Crippen molar-refractivity contribution < 1.29 is 26.3 Å². The molecule has 3 nitrogen and oxygen atoms in total. The molecule has 0 saturated heterocycles. The monoisotopic (exact) mass is 303 g/mol. The molecule has 0 atom stereocenters. The predicted molar refractivity (Wildman–Crippen MR) is 56.5 cm³/mol. The number of halogens is 6. The van der Waals surface area contributed by atoms with Gasteiger partial charge in [0.05, 0.1) is 23.6 Å². The second kappa shape index (κ2) is 5.40. The van der Waals surface area contributed by atoms with Crippen LogP contribution in [0.1, 0.15) is 5.56 Å². The summed E-state index contributed by atoms with van der Waals surface area (Å²) >= 11 is 0. The van der Waals surface area contributed by atoms with Gasteiger partial charge in [0.1, 0.15) is 6.33 Å². The molecule has 108 valence electrons. The van der Waals surface area contributed by atoms with Gasteiger partial charge in [0.25, 0.3) is 0 Å². The van der Waals surface area contributed by atoms with Crippen molar-refractivity contribution in [3.05, 3.63) is 47.1 Å². The number of hydrogen-bond acceptors (Lipinski definition) is 3. The van der Waals surface area contributed by atoms with E-state index in [1.165, 1.54) is 6.07 Å². The Hall–Kier alpha value is -2.63. The quantitative estimate of drug-likeness (QED) is 0.487. The lowest BCUT2D eigenvalue weighted by atomic mass is 10.0. The Labute approximate surface area is 113 Å². The lowest BCUT2D eigenvalue weighted by molar-refractivity contribution is 0.442. The van der Waals surface area contributed by atoms with Crippen LogP contribution in [0.4, 0.5) is 26.3 Å². The second-order valence-corrected chi connectivity index (χ2v) is 3.77. The molecule has 1 aromatic carbocycles. The van der Waals surface area contributed by atoms with Crippen LogP contribution in [0, 0.1) is 46.5 Å². The standard InChI is InChI=1S/C12H3F6N3/c13-7-4(1-2-19)8(14)10(16)5(9(7)15)6-11(17)20-3-21-12(6)18/h3H,1H2. The van der Waals surface area contributed by atoms with Gasteiger partial charge >= 0.3 is 0 Å². The summed E-state index contributed by atoms with van der Waals surface area (Å²) in [5, 5.41) is 8.36. The summed E-state index contributed by atoms with van der Waals surface area (Å²) in [4.78, 5) is 5.74. The Morgan fingerprint density at radius 1 is 0.810 bits per heavy atom. The molecule has 9 heteroatoms. The second-order valence-electron chi connectivity index (χ2n) is 3.77. The van der Waals surface area contributed by atoms with Crippen LogP contribution in [-0.2, 0) is 6.42 Å². The third-order valence-corrected chi connectivity index (χ3v) is 2.61. The first-order valence-electron chi connectivity index (χ1n) is 5.28. The van der Waals surface area contributed by atoms with Gasteiger partial charge in [-0.25, -0.2) is 27.5 Å². The Morgan fingerprint density at radius 3 is 1.71 bits per heavy atom. The summed E-state index contributed by atoms with van der Waals surface area (Å²) < 4.78 is 81.6. The zero-order chi connectivity index (χ0) is 15.7. The van der Waals surface area contributed by atoms with Gasteiger partial charge in [0.2, 0.25) is 11.9 Å². The first-order chi connectivity index (χ1) is 9.90. The fourth-order valence-electron chi connectivity index (χ4n) is 1.68. The van der Waals surface area contributed by atoms with Crippen molar-refractivity contribution in [2.75, 3.05) is 0 Å². The molecule has 2 rings (SSSR count). The van der Waals surface area contributed by atoms with Crippen molar-refractivity contribution in [2.24, 2.45) is 0 Å². The first-order valence-corrected chi connectivity index (χ1v) is 5.28. The van der Waals surface area contributed by atoms with E-state index in [1.807, 2.05) is 0 Å². The summed E-state index contributed by atoms with van der Waals surface area (Å²) in [6.07, 6.45) is -0.525. The maximum atomic E-state index is 13.8. The molecule has 0 amide bonds. The lowest BCUT2D eigenvalue weighted by Crippen LogP contribution is -2.09. The smallest absolute Gasteiger partial charge is 0.207 e. The molecular weight excluding hydrogens is 300 g/mol. The number of nitriles is 1. The number of rotatable bonds is 2. The van der Waals surface area contributed by atoms with Gasteiger partial charge in [-0.3, -0.25) is 0 Å². The van der Waals surface area contributed by atoms with Crippen molar-refractivity contribution in [3.8, 4) is 17.2 Å². The van der Waals surface area contributed by atoms with Gasteiger partial charge in [0, 0.05) is 5.56 Å². The van der Waals surface area contributed by atoms with Crippen molar-refractivity contribution in [3.63, 3.8) is 0 Å². The van der Waals surface area contributed by atoms with Crippen LogP contribution in [0.15, 0.2) is 6.33 Å². The van der Waals surface area contributed by atoms with Gasteiger partial charge in [-0.15, -0.1) is 0 Å². The van der Waals surface area contributed by atoms with E-state index in [-0.39, 0.29) is 0 Å². The molecule has 0 saturated carbocycles. The summed E-state index contributed by atoms with van der Waals surface area (Å²) in [6, 6.07) is 1.32. The summed E-state index contributed by atoms with van der Waals surface area (Å²) in [7, 11) is 0. The van der Waals surface area contributed by atoms with Gasteiger partial charge in [-0.1, -0.05) is 0 Å². The zero-order valence-electron chi connectivity index (χ0n) is 9.89. The van der Waals surface area contributed by atoms with Crippen LogP contribution >= 0.6 is 0 Å². The van der Waals surface area contributed by atoms with E-state index >= 15 is 0 Å². The number of benzene rings is 1. The molecule has 0 aliphatic rings. The highest BCUT2D eigenvalue weighted by Crippen LogP contribution is 2.34. The molecular formula is C12H3F6N3. The molecule has 21 heavy (non-hydrogen) atoms. The highest BCUT2D eigenvalue weighted by molar-refractivity contribution is 5.65. The van der Waals surface area contributed by atoms with Crippen molar-refractivity contribution in [1.29, 1.82) is 5.26 Å². The molecule has 2 aromatic rings. The average molecular weight is 303 g/mol. The molecule has 0 N–H and O–H groups in total. The number of nitrogens with zero attached hydrogens (tertiary/aromatic N) is 3. The minimum absolute atomic E-state index is 0.431. The summed E-state index contributed by atoms with van der Waals surface area (Å²) in [5.41, 5.74) is -4.22. The molecule has 0 fully saturated rings. The van der Waals surface area contributed by atoms with E-state index in [1.54, 1.807) is 0 Å². The molecule has 0 aliphatic heterocycles. The highest BCUT2D eigenvalue weighted by Gasteiger charge is 2.30. The maximum Gasteiger partial charge on any atom is 0.227 e. The largest absolute Gasteiger partial charge is 0.227 e. The van der Waals surface area contributed by atoms with E-state index in [2.05, 4.69) is 9.97 Å². The van der Waals surface area contributed by atoms with Crippen LogP contribution in [0.3, 0.4) is 0 Å². The normalized spacial score (nSPS) is 10.5. The number of aromatic nitrogens is 2. The zero-order valence-corrected chi connectivity index (χ0v) is 9.89. The topological polar surface area (TPSA) is 49.6 Å². The molecule has 0 aliphatic carbocycles. The molecule has 0 radical (unpaired) electrons. The van der Waals surface area contributed by atoms with E-state index in [9.17, 15) is 26.3 Å². The summed E-state index contributed by atoms with van der Waals surface area (Å²) in [5.74, 6) is -11.3. The highest BCUT2D eigenvalue weighted by atomic mass is 19.2. The SMILES string of the molecule is N#CCc1c(F)c(F)c(-c2c(F)ncnc2F)c(F)c1F.